The summed E-state index contributed by atoms with van der Waals surface area (Å²) in [6.45, 7) is 5.16. The second-order valence-electron chi connectivity index (χ2n) is 6.50. The maximum absolute atomic E-state index is 10.3. The van der Waals surface area contributed by atoms with Gasteiger partial charge in [-0.25, -0.2) is 4.68 Å². The average molecular weight is 335 g/mol. The first-order valence-electron chi connectivity index (χ1n) is 8.25. The van der Waals surface area contributed by atoms with E-state index in [1.165, 1.54) is 0 Å². The zero-order valence-electron chi connectivity index (χ0n) is 14.6. The van der Waals surface area contributed by atoms with E-state index < -0.39 is 0 Å². The lowest BCUT2D eigenvalue weighted by Gasteiger charge is -2.15. The van der Waals surface area contributed by atoms with E-state index in [1.54, 1.807) is 18.7 Å². The molecule has 0 radical (unpaired) electrons. The number of aliphatic hydroxyl groups is 1. The van der Waals surface area contributed by atoms with Crippen LogP contribution in [0.4, 0.5) is 0 Å². The molecule has 24 heavy (non-hydrogen) atoms. The molecule has 0 saturated heterocycles. The van der Waals surface area contributed by atoms with Crippen molar-refractivity contribution in [2.24, 2.45) is 13.0 Å². The highest BCUT2D eigenvalue weighted by Crippen LogP contribution is 2.37. The molecule has 1 fully saturated rings. The maximum atomic E-state index is 10.3. The Kier molecular flexibility index (Phi) is 4.86. The van der Waals surface area contributed by atoms with Gasteiger partial charge >= 0.3 is 0 Å². The van der Waals surface area contributed by atoms with Gasteiger partial charge in [-0.1, -0.05) is 5.16 Å². The van der Waals surface area contributed by atoms with Crippen LogP contribution < -0.4 is 10.1 Å². The Morgan fingerprint density at radius 2 is 2.17 bits per heavy atom. The Morgan fingerprint density at radius 3 is 2.83 bits per heavy atom. The molecule has 0 unspecified atom stereocenters. The summed E-state index contributed by atoms with van der Waals surface area (Å²) < 4.78 is 12.4. The van der Waals surface area contributed by atoms with Crippen molar-refractivity contribution in [2.75, 3.05) is 13.7 Å². The topological polar surface area (TPSA) is 98.2 Å². The highest BCUT2D eigenvalue weighted by molar-refractivity contribution is 5.30. The minimum absolute atomic E-state index is 0.141. The second kappa shape index (κ2) is 6.90. The van der Waals surface area contributed by atoms with Crippen LogP contribution in [0.2, 0.25) is 0 Å². The molecule has 0 amide bonds. The first kappa shape index (κ1) is 16.9. The molecule has 3 rings (SSSR count). The van der Waals surface area contributed by atoms with Gasteiger partial charge in [-0.3, -0.25) is 0 Å². The number of hydrogen-bond donors (Lipinski definition) is 2. The fourth-order valence-electron chi connectivity index (χ4n) is 3.52. The number of aliphatic hydroxyl groups excluding tert-OH is 1. The van der Waals surface area contributed by atoms with Gasteiger partial charge < -0.3 is 19.7 Å². The van der Waals surface area contributed by atoms with Crippen molar-refractivity contribution in [3.63, 3.8) is 0 Å². The zero-order chi connectivity index (χ0) is 17.3. The van der Waals surface area contributed by atoms with Crippen molar-refractivity contribution >= 4 is 0 Å². The lowest BCUT2D eigenvalue weighted by atomic mass is 10.0. The summed E-state index contributed by atoms with van der Waals surface area (Å²) in [5.41, 5.74) is 2.00. The number of aromatic nitrogens is 4. The summed E-state index contributed by atoms with van der Waals surface area (Å²) in [7, 11) is 3.52. The molecule has 0 aliphatic heterocycles. The highest BCUT2D eigenvalue weighted by atomic mass is 16.5. The molecule has 3 atom stereocenters. The Balaban J connectivity index is 1.56. The van der Waals surface area contributed by atoms with Crippen LogP contribution in [0.1, 0.15) is 41.7 Å². The van der Waals surface area contributed by atoms with Crippen LogP contribution in [-0.4, -0.2) is 44.8 Å². The van der Waals surface area contributed by atoms with E-state index in [2.05, 4.69) is 20.6 Å². The molecule has 8 heteroatoms. The van der Waals surface area contributed by atoms with Crippen LogP contribution in [0.25, 0.3) is 0 Å². The summed E-state index contributed by atoms with van der Waals surface area (Å²) in [5.74, 6) is 2.36. The van der Waals surface area contributed by atoms with Crippen LogP contribution in [0.15, 0.2) is 4.52 Å². The Labute approximate surface area is 141 Å². The first-order valence-corrected chi connectivity index (χ1v) is 8.25. The second-order valence-corrected chi connectivity index (χ2v) is 6.50. The fourth-order valence-corrected chi connectivity index (χ4v) is 3.52. The van der Waals surface area contributed by atoms with Gasteiger partial charge in [0.25, 0.3) is 0 Å². The van der Waals surface area contributed by atoms with Crippen LogP contribution >= 0.6 is 0 Å². The number of aryl methyl sites for hydroxylation is 3. The van der Waals surface area contributed by atoms with Crippen molar-refractivity contribution < 1.29 is 14.4 Å². The van der Waals surface area contributed by atoms with Crippen molar-refractivity contribution in [3.8, 4) is 5.88 Å². The predicted molar refractivity (Wildman–Crippen MR) is 86.7 cm³/mol. The van der Waals surface area contributed by atoms with Gasteiger partial charge in [-0.15, -0.1) is 0 Å². The first-order chi connectivity index (χ1) is 11.5. The van der Waals surface area contributed by atoms with Crippen molar-refractivity contribution in [3.05, 3.63) is 23.0 Å². The van der Waals surface area contributed by atoms with Crippen molar-refractivity contribution in [2.45, 2.75) is 45.3 Å². The molecule has 2 aromatic heterocycles. The van der Waals surface area contributed by atoms with Gasteiger partial charge in [-0.2, -0.15) is 10.1 Å². The number of nitrogens with zero attached hydrogens (tertiary/aromatic N) is 4. The van der Waals surface area contributed by atoms with E-state index >= 15 is 0 Å². The molecule has 2 N–H and O–H groups in total. The molecule has 1 aliphatic rings. The third-order valence-corrected chi connectivity index (χ3v) is 4.74. The molecule has 1 saturated carbocycles. The monoisotopic (exact) mass is 335 g/mol. The van der Waals surface area contributed by atoms with Crippen LogP contribution in [-0.2, 0) is 13.6 Å². The quantitative estimate of drug-likeness (QED) is 0.815. The van der Waals surface area contributed by atoms with Crippen molar-refractivity contribution in [1.82, 2.24) is 25.2 Å². The number of hydrogen-bond acceptors (Lipinski definition) is 7. The number of rotatable bonds is 6. The Bertz CT molecular complexity index is 696. The van der Waals surface area contributed by atoms with Crippen LogP contribution in [0.3, 0.4) is 0 Å². The summed E-state index contributed by atoms with van der Waals surface area (Å²) in [6.07, 6.45) is 1.16. The lowest BCUT2D eigenvalue weighted by molar-refractivity contribution is 0.130. The lowest BCUT2D eigenvalue weighted by Crippen LogP contribution is -2.27. The predicted octanol–water partition coefficient (Wildman–Crippen LogP) is 1.07. The molecule has 0 aromatic carbocycles. The molecular formula is C16H25N5O3. The van der Waals surface area contributed by atoms with E-state index in [-0.39, 0.29) is 17.9 Å². The molecule has 2 heterocycles. The van der Waals surface area contributed by atoms with E-state index in [9.17, 15) is 5.11 Å². The third-order valence-electron chi connectivity index (χ3n) is 4.74. The molecule has 2 aromatic rings. The molecule has 132 valence electrons. The summed E-state index contributed by atoms with van der Waals surface area (Å²) in [6, 6.07) is 0. The number of nitrogens with one attached hydrogen (secondary N) is 1. The minimum Gasteiger partial charge on any atom is -0.481 e. The van der Waals surface area contributed by atoms with E-state index in [0.29, 0.717) is 24.7 Å². The van der Waals surface area contributed by atoms with Gasteiger partial charge in [0.2, 0.25) is 11.8 Å². The smallest absolute Gasteiger partial charge is 0.229 e. The Hall–Kier alpha value is -1.93. The number of ether oxygens (including phenoxy) is 1. The van der Waals surface area contributed by atoms with E-state index in [0.717, 1.165) is 30.1 Å². The van der Waals surface area contributed by atoms with Crippen molar-refractivity contribution in [1.29, 1.82) is 0 Å². The highest BCUT2D eigenvalue weighted by Gasteiger charge is 2.36. The number of methoxy groups -OCH3 is 1. The normalized spacial score (nSPS) is 23.8. The SMILES string of the molecule is COc1c(CNC[C@H]2C[C@H](c3nc(C)no3)C[C@H]2O)c(C)nn1C. The average Bonchev–Trinajstić information content (AvgIpc) is 3.19. The summed E-state index contributed by atoms with van der Waals surface area (Å²) >= 11 is 0. The van der Waals surface area contributed by atoms with E-state index in [4.69, 9.17) is 9.26 Å². The molecule has 0 bridgehead atoms. The van der Waals surface area contributed by atoms with Gasteiger partial charge in [-0.05, 0) is 32.6 Å². The summed E-state index contributed by atoms with van der Waals surface area (Å²) in [5, 5.41) is 21.9. The Morgan fingerprint density at radius 1 is 1.38 bits per heavy atom. The van der Waals surface area contributed by atoms with Gasteiger partial charge in [0.05, 0.1) is 24.5 Å². The largest absolute Gasteiger partial charge is 0.481 e. The minimum atomic E-state index is -0.355. The zero-order valence-corrected chi connectivity index (χ0v) is 14.6. The van der Waals surface area contributed by atoms with Gasteiger partial charge in [0.15, 0.2) is 5.82 Å². The summed E-state index contributed by atoms with van der Waals surface area (Å²) in [4.78, 5) is 4.29. The standard InChI is InChI=1S/C16H25N5O3/c1-9-13(16(23-4)21(3)19-9)8-17-7-12-5-11(6-14(12)22)15-18-10(2)20-24-15/h11-12,14,17,22H,5-8H2,1-4H3/t11-,12+,14+/m0/s1. The van der Waals surface area contributed by atoms with Crippen LogP contribution in [0.5, 0.6) is 5.88 Å². The van der Waals surface area contributed by atoms with E-state index in [1.807, 2.05) is 14.0 Å². The maximum Gasteiger partial charge on any atom is 0.229 e. The fraction of sp³-hybridized carbons (Fsp3) is 0.688. The van der Waals surface area contributed by atoms with Gasteiger partial charge in [0, 0.05) is 26.1 Å². The molecule has 1 aliphatic carbocycles. The molecular weight excluding hydrogens is 310 g/mol. The van der Waals surface area contributed by atoms with Crippen LogP contribution in [0, 0.1) is 19.8 Å². The molecule has 8 nitrogen and oxygen atoms in total. The third kappa shape index (κ3) is 3.29. The molecule has 0 spiro atoms. The van der Waals surface area contributed by atoms with Gasteiger partial charge in [0.1, 0.15) is 0 Å².